The third-order valence-corrected chi connectivity index (χ3v) is 3.80. The van der Waals surface area contributed by atoms with Crippen LogP contribution < -0.4 is 4.74 Å². The van der Waals surface area contributed by atoms with E-state index in [4.69, 9.17) is 4.74 Å². The van der Waals surface area contributed by atoms with Crippen molar-refractivity contribution < 1.29 is 17.3 Å². The maximum Gasteiger partial charge on any atom is 0.272 e. The van der Waals surface area contributed by atoms with Gasteiger partial charge in [-0.2, -0.15) is 8.42 Å². The maximum atomic E-state index is 11.4. The molecule has 0 saturated carbocycles. The van der Waals surface area contributed by atoms with Gasteiger partial charge in [0.05, 0.1) is 25.5 Å². The van der Waals surface area contributed by atoms with Gasteiger partial charge >= 0.3 is 0 Å². The van der Waals surface area contributed by atoms with Crippen LogP contribution in [0.5, 0.6) is 5.75 Å². The molecule has 6 nitrogen and oxygen atoms in total. The molecule has 0 fully saturated rings. The number of ether oxygens (including phenoxy) is 1. The van der Waals surface area contributed by atoms with E-state index >= 15 is 0 Å². The van der Waals surface area contributed by atoms with Crippen molar-refractivity contribution in [2.75, 3.05) is 14.2 Å². The van der Waals surface area contributed by atoms with Crippen LogP contribution in [-0.2, 0) is 20.1 Å². The second kappa shape index (κ2) is 5.98. The fourth-order valence-corrected chi connectivity index (χ4v) is 2.32. The summed E-state index contributed by atoms with van der Waals surface area (Å²) >= 11 is 0. The summed E-state index contributed by atoms with van der Waals surface area (Å²) in [6, 6.07) is 8.80. The molecule has 2 rings (SSSR count). The van der Waals surface area contributed by atoms with E-state index in [0.717, 1.165) is 7.11 Å². The Morgan fingerprint density at radius 2 is 1.90 bits per heavy atom. The Labute approximate surface area is 117 Å². The zero-order chi connectivity index (χ0) is 14.6. The molecule has 0 amide bonds. The number of hydrogen-bond donors (Lipinski definition) is 0. The Morgan fingerprint density at radius 3 is 2.60 bits per heavy atom. The van der Waals surface area contributed by atoms with Crippen molar-refractivity contribution in [1.82, 2.24) is 9.97 Å². The molecule has 0 atom stereocenters. The average Bonchev–Trinajstić information content (AvgIpc) is 2.47. The first-order chi connectivity index (χ1) is 9.55. The minimum atomic E-state index is -3.61. The number of nitrogens with zero attached hydrogens (tertiary/aromatic N) is 2. The lowest BCUT2D eigenvalue weighted by Crippen LogP contribution is -2.08. The Balaban J connectivity index is 2.40. The van der Waals surface area contributed by atoms with Crippen LogP contribution in [0.25, 0.3) is 11.4 Å². The van der Waals surface area contributed by atoms with Gasteiger partial charge in [0.25, 0.3) is 10.1 Å². The van der Waals surface area contributed by atoms with Gasteiger partial charge in [0.15, 0.2) is 5.82 Å². The van der Waals surface area contributed by atoms with Crippen LogP contribution in [0.1, 0.15) is 5.69 Å². The molecule has 2 aromatic rings. The van der Waals surface area contributed by atoms with E-state index in [1.807, 2.05) is 18.2 Å². The third-order valence-electron chi connectivity index (χ3n) is 2.64. The van der Waals surface area contributed by atoms with E-state index in [1.165, 1.54) is 12.3 Å². The summed E-state index contributed by atoms with van der Waals surface area (Å²) in [7, 11) is -0.932. The lowest BCUT2D eigenvalue weighted by molar-refractivity contribution is 0.396. The van der Waals surface area contributed by atoms with Crippen LogP contribution in [0.4, 0.5) is 0 Å². The number of para-hydroxylation sites is 1. The molecule has 0 bridgehead atoms. The Hall–Kier alpha value is -1.99. The first-order valence-electron chi connectivity index (χ1n) is 5.79. The molecule has 0 N–H and O–H groups in total. The Bertz CT molecular complexity index is 701. The molecule has 0 radical (unpaired) electrons. The third kappa shape index (κ3) is 3.31. The van der Waals surface area contributed by atoms with Crippen LogP contribution >= 0.6 is 0 Å². The van der Waals surface area contributed by atoms with Crippen molar-refractivity contribution >= 4 is 10.1 Å². The predicted octanol–water partition coefficient (Wildman–Crippen LogP) is 1.63. The zero-order valence-electron chi connectivity index (χ0n) is 11.1. The SMILES string of the molecule is COc1ccccc1-c1nccc(CS(=O)(=O)OC)n1. The monoisotopic (exact) mass is 294 g/mol. The van der Waals surface area contributed by atoms with Crippen molar-refractivity contribution in [3.05, 3.63) is 42.2 Å². The van der Waals surface area contributed by atoms with Crippen LogP contribution in [0.15, 0.2) is 36.5 Å². The van der Waals surface area contributed by atoms with Crippen molar-refractivity contribution in [2.45, 2.75) is 5.75 Å². The average molecular weight is 294 g/mol. The van der Waals surface area contributed by atoms with Gasteiger partial charge in [-0.05, 0) is 18.2 Å². The molecular formula is C13H14N2O4S. The molecule has 1 aromatic carbocycles. The summed E-state index contributed by atoms with van der Waals surface area (Å²) in [6.07, 6.45) is 1.51. The summed E-state index contributed by atoms with van der Waals surface area (Å²) in [5.41, 5.74) is 1.06. The fraction of sp³-hybridized carbons (Fsp3) is 0.231. The number of hydrogen-bond acceptors (Lipinski definition) is 6. The molecule has 0 saturated heterocycles. The van der Waals surface area contributed by atoms with Gasteiger partial charge in [-0.1, -0.05) is 12.1 Å². The van der Waals surface area contributed by atoms with Gasteiger partial charge in [-0.25, -0.2) is 9.97 Å². The lowest BCUT2D eigenvalue weighted by atomic mass is 10.2. The number of aromatic nitrogens is 2. The van der Waals surface area contributed by atoms with Gasteiger partial charge in [0.1, 0.15) is 11.5 Å². The molecule has 1 heterocycles. The molecule has 0 unspecified atom stereocenters. The number of rotatable bonds is 5. The first-order valence-corrected chi connectivity index (χ1v) is 7.37. The second-order valence-electron chi connectivity index (χ2n) is 3.94. The van der Waals surface area contributed by atoms with Crippen molar-refractivity contribution in [2.24, 2.45) is 0 Å². The largest absolute Gasteiger partial charge is 0.496 e. The quantitative estimate of drug-likeness (QED) is 0.780. The van der Waals surface area contributed by atoms with Crippen LogP contribution in [0, 0.1) is 0 Å². The first kappa shape index (κ1) is 14.4. The Morgan fingerprint density at radius 1 is 1.15 bits per heavy atom. The molecule has 7 heteroatoms. The standard InChI is InChI=1S/C13H14N2O4S/c1-18-12-6-4-3-5-11(12)13-14-8-7-10(15-13)9-20(16,17)19-2/h3-8H,9H2,1-2H3. The molecular weight excluding hydrogens is 280 g/mol. The van der Waals surface area contributed by atoms with Crippen LogP contribution in [-0.4, -0.2) is 32.6 Å². The molecule has 0 aliphatic rings. The lowest BCUT2D eigenvalue weighted by Gasteiger charge is -2.08. The smallest absolute Gasteiger partial charge is 0.272 e. The minimum absolute atomic E-state index is 0.297. The molecule has 0 aliphatic carbocycles. The molecule has 1 aromatic heterocycles. The summed E-state index contributed by atoms with van der Waals surface area (Å²) in [5, 5.41) is 0. The highest BCUT2D eigenvalue weighted by atomic mass is 32.2. The topological polar surface area (TPSA) is 78.4 Å². The second-order valence-corrected chi connectivity index (χ2v) is 5.68. The zero-order valence-corrected chi connectivity index (χ0v) is 11.9. The van der Waals surface area contributed by atoms with Crippen molar-refractivity contribution in [1.29, 1.82) is 0 Å². The van der Waals surface area contributed by atoms with Gasteiger partial charge in [-0.3, -0.25) is 4.18 Å². The van der Waals surface area contributed by atoms with Crippen molar-refractivity contribution in [3.63, 3.8) is 0 Å². The molecule has 106 valence electrons. The predicted molar refractivity (Wildman–Crippen MR) is 73.7 cm³/mol. The Kier molecular flexibility index (Phi) is 4.31. The number of methoxy groups -OCH3 is 1. The van der Waals surface area contributed by atoms with Gasteiger partial charge in [-0.15, -0.1) is 0 Å². The van der Waals surface area contributed by atoms with Crippen molar-refractivity contribution in [3.8, 4) is 17.1 Å². The maximum absolute atomic E-state index is 11.4. The highest BCUT2D eigenvalue weighted by Gasteiger charge is 2.14. The molecule has 20 heavy (non-hydrogen) atoms. The summed E-state index contributed by atoms with van der Waals surface area (Å²) in [4.78, 5) is 8.38. The normalized spacial score (nSPS) is 11.3. The molecule has 0 spiro atoms. The van der Waals surface area contributed by atoms with E-state index < -0.39 is 10.1 Å². The fourth-order valence-electron chi connectivity index (χ4n) is 1.68. The highest BCUT2D eigenvalue weighted by Crippen LogP contribution is 2.26. The summed E-state index contributed by atoms with van der Waals surface area (Å²) in [6.45, 7) is 0. The van der Waals surface area contributed by atoms with E-state index in [0.29, 0.717) is 22.8 Å². The highest BCUT2D eigenvalue weighted by molar-refractivity contribution is 7.85. The number of benzene rings is 1. The van der Waals surface area contributed by atoms with E-state index in [1.54, 1.807) is 13.2 Å². The minimum Gasteiger partial charge on any atom is -0.496 e. The van der Waals surface area contributed by atoms with Gasteiger partial charge < -0.3 is 4.74 Å². The van der Waals surface area contributed by atoms with E-state index in [9.17, 15) is 8.42 Å². The molecule has 0 aliphatic heterocycles. The van der Waals surface area contributed by atoms with E-state index in [-0.39, 0.29) is 5.75 Å². The summed E-state index contributed by atoms with van der Waals surface area (Å²) < 4.78 is 32.5. The van der Waals surface area contributed by atoms with E-state index in [2.05, 4.69) is 14.2 Å². The van der Waals surface area contributed by atoms with Gasteiger partial charge in [0, 0.05) is 6.20 Å². The van der Waals surface area contributed by atoms with Crippen LogP contribution in [0.3, 0.4) is 0 Å². The van der Waals surface area contributed by atoms with Crippen LogP contribution in [0.2, 0.25) is 0 Å². The van der Waals surface area contributed by atoms with Gasteiger partial charge in [0.2, 0.25) is 0 Å². The summed E-state index contributed by atoms with van der Waals surface area (Å²) in [5.74, 6) is 0.735.